The fourth-order valence-electron chi connectivity index (χ4n) is 1.56. The Morgan fingerprint density at radius 1 is 1.62 bits per heavy atom. The molecule has 5 heteroatoms. The van der Waals surface area contributed by atoms with Crippen molar-refractivity contribution < 1.29 is 9.84 Å². The Hall–Kier alpha value is -0.520. The Balaban J connectivity index is 2.00. The van der Waals surface area contributed by atoms with Crippen LogP contribution in [0, 0.1) is 0 Å². The van der Waals surface area contributed by atoms with E-state index in [1.807, 2.05) is 5.38 Å². The van der Waals surface area contributed by atoms with Gasteiger partial charge in [-0.25, -0.2) is 0 Å². The average molecular weight is 200 g/mol. The van der Waals surface area contributed by atoms with Gasteiger partial charge in [0.05, 0.1) is 12.7 Å². The molecule has 2 rings (SSSR count). The molecule has 2 unspecified atom stereocenters. The molecule has 4 nitrogen and oxygen atoms in total. The molecule has 0 bridgehead atoms. The lowest BCUT2D eigenvalue weighted by Crippen LogP contribution is -2.25. The monoisotopic (exact) mass is 200 g/mol. The molecule has 1 aromatic rings. The molecule has 72 valence electrons. The second-order valence-corrected chi connectivity index (χ2v) is 3.80. The molecule has 1 aliphatic rings. The molecule has 2 heterocycles. The second-order valence-electron chi connectivity index (χ2n) is 3.19. The van der Waals surface area contributed by atoms with Crippen molar-refractivity contribution in [2.45, 2.75) is 31.5 Å². The quantitative estimate of drug-likeness (QED) is 0.777. The first-order valence-electron chi connectivity index (χ1n) is 4.43. The lowest BCUT2D eigenvalue weighted by molar-refractivity contribution is -0.0753. The van der Waals surface area contributed by atoms with Gasteiger partial charge >= 0.3 is 0 Å². The molecule has 0 amide bonds. The van der Waals surface area contributed by atoms with E-state index in [2.05, 4.69) is 9.59 Å². The first-order valence-corrected chi connectivity index (χ1v) is 5.27. The van der Waals surface area contributed by atoms with E-state index >= 15 is 0 Å². The van der Waals surface area contributed by atoms with E-state index in [-0.39, 0.29) is 18.8 Å². The molecule has 0 aromatic carbocycles. The number of ether oxygens (including phenoxy) is 1. The number of nitrogens with zero attached hydrogens (tertiary/aromatic N) is 2. The van der Waals surface area contributed by atoms with E-state index in [1.54, 1.807) is 0 Å². The highest BCUT2D eigenvalue weighted by Crippen LogP contribution is 2.29. The second kappa shape index (κ2) is 4.13. The van der Waals surface area contributed by atoms with Crippen LogP contribution in [0.15, 0.2) is 5.38 Å². The van der Waals surface area contributed by atoms with E-state index < -0.39 is 0 Å². The Kier molecular flexibility index (Phi) is 2.87. The van der Waals surface area contributed by atoms with Crippen LogP contribution in [0.25, 0.3) is 0 Å². The number of aromatic nitrogens is 2. The highest BCUT2D eigenvalue weighted by molar-refractivity contribution is 7.03. The summed E-state index contributed by atoms with van der Waals surface area (Å²) < 4.78 is 9.43. The van der Waals surface area contributed by atoms with Gasteiger partial charge < -0.3 is 9.84 Å². The van der Waals surface area contributed by atoms with Crippen molar-refractivity contribution in [3.8, 4) is 0 Å². The van der Waals surface area contributed by atoms with Crippen molar-refractivity contribution in [2.75, 3.05) is 6.61 Å². The van der Waals surface area contributed by atoms with Gasteiger partial charge in [0.25, 0.3) is 0 Å². The summed E-state index contributed by atoms with van der Waals surface area (Å²) >= 11 is 1.34. The predicted molar refractivity (Wildman–Crippen MR) is 48.5 cm³/mol. The zero-order valence-corrected chi connectivity index (χ0v) is 8.04. The fourth-order valence-corrected chi connectivity index (χ4v) is 2.06. The average Bonchev–Trinajstić information content (AvgIpc) is 2.71. The van der Waals surface area contributed by atoms with Crippen molar-refractivity contribution in [1.82, 2.24) is 9.59 Å². The molecule has 0 spiro atoms. The van der Waals surface area contributed by atoms with Gasteiger partial charge in [0, 0.05) is 5.38 Å². The van der Waals surface area contributed by atoms with Crippen LogP contribution in [0.3, 0.4) is 0 Å². The van der Waals surface area contributed by atoms with E-state index in [9.17, 15) is 0 Å². The lowest BCUT2D eigenvalue weighted by atomic mass is 10.0. The number of aliphatic hydroxyl groups is 1. The highest BCUT2D eigenvalue weighted by atomic mass is 32.1. The SMILES string of the molecule is OCC1CCCC(c2csnn2)O1. The van der Waals surface area contributed by atoms with Crippen LogP contribution in [-0.4, -0.2) is 27.4 Å². The van der Waals surface area contributed by atoms with Gasteiger partial charge in [-0.1, -0.05) is 4.49 Å². The first-order chi connectivity index (χ1) is 6.40. The summed E-state index contributed by atoms with van der Waals surface area (Å²) in [6.07, 6.45) is 3.06. The summed E-state index contributed by atoms with van der Waals surface area (Å²) in [6, 6.07) is 0. The third-order valence-electron chi connectivity index (χ3n) is 2.26. The molecule has 1 aliphatic heterocycles. The van der Waals surface area contributed by atoms with Gasteiger partial charge in [0.1, 0.15) is 11.8 Å². The molecule has 1 saturated heterocycles. The Morgan fingerprint density at radius 3 is 3.23 bits per heavy atom. The summed E-state index contributed by atoms with van der Waals surface area (Å²) in [5.74, 6) is 0. The van der Waals surface area contributed by atoms with E-state index in [4.69, 9.17) is 9.84 Å². The molecule has 2 atom stereocenters. The molecule has 1 fully saturated rings. The van der Waals surface area contributed by atoms with Crippen molar-refractivity contribution >= 4 is 11.5 Å². The third-order valence-corrected chi connectivity index (χ3v) is 2.78. The summed E-state index contributed by atoms with van der Waals surface area (Å²) in [6.45, 7) is 0.105. The predicted octanol–water partition coefficient (Wildman–Crippen LogP) is 1.14. The summed E-state index contributed by atoms with van der Waals surface area (Å²) in [4.78, 5) is 0. The van der Waals surface area contributed by atoms with E-state index in [0.29, 0.717) is 0 Å². The molecular formula is C8H12N2O2S. The van der Waals surface area contributed by atoms with Crippen LogP contribution < -0.4 is 0 Å². The van der Waals surface area contributed by atoms with E-state index in [1.165, 1.54) is 11.5 Å². The Bertz CT molecular complexity index is 253. The fraction of sp³-hybridized carbons (Fsp3) is 0.750. The minimum absolute atomic E-state index is 0.0135. The van der Waals surface area contributed by atoms with Crippen LogP contribution in [0.1, 0.15) is 31.1 Å². The number of aliphatic hydroxyl groups excluding tert-OH is 1. The van der Waals surface area contributed by atoms with Gasteiger partial charge in [0.2, 0.25) is 0 Å². The minimum atomic E-state index is -0.0135. The zero-order valence-electron chi connectivity index (χ0n) is 7.22. The molecule has 1 N–H and O–H groups in total. The van der Waals surface area contributed by atoms with Crippen LogP contribution in [-0.2, 0) is 4.74 Å². The largest absolute Gasteiger partial charge is 0.394 e. The minimum Gasteiger partial charge on any atom is -0.394 e. The normalized spacial score (nSPS) is 29.0. The maximum atomic E-state index is 8.95. The Labute approximate surface area is 80.7 Å². The highest BCUT2D eigenvalue weighted by Gasteiger charge is 2.24. The number of hydrogen-bond donors (Lipinski definition) is 1. The molecular weight excluding hydrogens is 188 g/mol. The summed E-state index contributed by atoms with van der Waals surface area (Å²) in [7, 11) is 0. The van der Waals surface area contributed by atoms with Gasteiger partial charge in [-0.15, -0.1) is 5.10 Å². The topological polar surface area (TPSA) is 55.2 Å². The Morgan fingerprint density at radius 2 is 2.54 bits per heavy atom. The van der Waals surface area contributed by atoms with Crippen molar-refractivity contribution in [2.24, 2.45) is 0 Å². The van der Waals surface area contributed by atoms with Crippen LogP contribution >= 0.6 is 11.5 Å². The standard InChI is InChI=1S/C8H12N2O2S/c11-4-6-2-1-3-8(12-6)7-5-13-10-9-7/h5-6,8,11H,1-4H2. The maximum Gasteiger partial charge on any atom is 0.104 e. The van der Waals surface area contributed by atoms with Gasteiger partial charge in [-0.3, -0.25) is 0 Å². The van der Waals surface area contributed by atoms with Crippen LogP contribution in [0.2, 0.25) is 0 Å². The third kappa shape index (κ3) is 2.04. The zero-order chi connectivity index (χ0) is 9.10. The van der Waals surface area contributed by atoms with Crippen molar-refractivity contribution in [1.29, 1.82) is 0 Å². The van der Waals surface area contributed by atoms with E-state index in [0.717, 1.165) is 25.0 Å². The van der Waals surface area contributed by atoms with Crippen molar-refractivity contribution in [3.63, 3.8) is 0 Å². The smallest absolute Gasteiger partial charge is 0.104 e. The van der Waals surface area contributed by atoms with Gasteiger partial charge in [0.15, 0.2) is 0 Å². The first kappa shape index (κ1) is 9.05. The molecule has 1 aromatic heterocycles. The molecule has 0 saturated carbocycles. The van der Waals surface area contributed by atoms with Gasteiger partial charge in [-0.05, 0) is 30.8 Å². The van der Waals surface area contributed by atoms with Crippen LogP contribution in [0.4, 0.5) is 0 Å². The number of rotatable bonds is 2. The van der Waals surface area contributed by atoms with Gasteiger partial charge in [-0.2, -0.15) is 0 Å². The summed E-state index contributed by atoms with van der Waals surface area (Å²) in [5, 5.41) is 14.8. The van der Waals surface area contributed by atoms with Crippen LogP contribution in [0.5, 0.6) is 0 Å². The molecule has 0 aliphatic carbocycles. The maximum absolute atomic E-state index is 8.95. The lowest BCUT2D eigenvalue weighted by Gasteiger charge is -2.27. The summed E-state index contributed by atoms with van der Waals surface area (Å²) in [5.41, 5.74) is 0.906. The van der Waals surface area contributed by atoms with Crippen molar-refractivity contribution in [3.05, 3.63) is 11.1 Å². The molecule has 13 heavy (non-hydrogen) atoms. The number of hydrogen-bond acceptors (Lipinski definition) is 5. The molecule has 0 radical (unpaired) electrons.